The molecule has 0 heterocycles. The molecular weight excluding hydrogens is 921 g/mol. The summed E-state index contributed by atoms with van der Waals surface area (Å²) < 4.78 is 10.8. The molecule has 1 N–H and O–H groups in total. The molecule has 0 amide bonds. The van der Waals surface area contributed by atoms with Gasteiger partial charge in [-0.15, -0.1) is 0 Å². The number of carbonyl (C=O) groups is 2. The number of aliphatic hydroxyl groups is 1. The van der Waals surface area contributed by atoms with E-state index in [0.717, 1.165) is 32.1 Å². The normalized spacial score (nSPS) is 12.1. The van der Waals surface area contributed by atoms with Crippen molar-refractivity contribution < 1.29 is 24.2 Å². The zero-order chi connectivity index (χ0) is 54.1. The maximum absolute atomic E-state index is 12.3. The fraction of sp³-hybridized carbons (Fsp3) is 0.943. The largest absolute Gasteiger partial charge is 0.462 e. The quantitative estimate of drug-likeness (QED) is 0.0373. The first-order valence-electron chi connectivity index (χ1n) is 34.7. The highest BCUT2D eigenvalue weighted by Crippen LogP contribution is 2.19. The number of rotatable bonds is 66. The Bertz CT molecular complexity index is 1100. The van der Waals surface area contributed by atoms with Crippen LogP contribution in [0.4, 0.5) is 0 Å². The molecule has 1 atom stereocenters. The zero-order valence-electron chi connectivity index (χ0n) is 51.4. The first kappa shape index (κ1) is 73.6. The van der Waals surface area contributed by atoms with E-state index in [1.807, 2.05) is 0 Å². The lowest BCUT2D eigenvalue weighted by Crippen LogP contribution is -2.28. The molecule has 0 radical (unpaired) electrons. The Labute approximate surface area is 471 Å². The van der Waals surface area contributed by atoms with Crippen molar-refractivity contribution in [3.8, 4) is 0 Å². The van der Waals surface area contributed by atoms with Gasteiger partial charge in [-0.3, -0.25) is 9.59 Å². The Balaban J connectivity index is 3.35. The standard InChI is InChI=1S/C70H136O5/c1-3-5-7-9-11-13-15-17-19-21-23-25-27-28-29-30-31-32-33-34-35-36-37-38-39-40-41-43-44-46-48-50-52-54-56-58-60-62-64-69(72)74-67-68(66-71)75-70(73)65-63-61-59-57-55-53-51-49-47-45-42-26-24-22-20-18-16-14-12-10-8-6-4-2/h22,24,68,71H,3-21,23,25-67H2,1-2H3/b24-22-. The van der Waals surface area contributed by atoms with E-state index in [4.69, 9.17) is 9.47 Å². The van der Waals surface area contributed by atoms with Crippen molar-refractivity contribution in [2.24, 2.45) is 0 Å². The Morgan fingerprint density at radius 1 is 0.293 bits per heavy atom. The van der Waals surface area contributed by atoms with E-state index in [9.17, 15) is 14.7 Å². The molecule has 0 aliphatic carbocycles. The van der Waals surface area contributed by atoms with Gasteiger partial charge in [0.15, 0.2) is 6.10 Å². The van der Waals surface area contributed by atoms with E-state index in [2.05, 4.69) is 26.0 Å². The second kappa shape index (κ2) is 66.9. The second-order valence-corrected chi connectivity index (χ2v) is 24.0. The number of hydrogen-bond donors (Lipinski definition) is 1. The molecule has 0 aromatic carbocycles. The smallest absolute Gasteiger partial charge is 0.306 e. The van der Waals surface area contributed by atoms with Gasteiger partial charge in [-0.25, -0.2) is 0 Å². The van der Waals surface area contributed by atoms with Gasteiger partial charge in [0, 0.05) is 12.8 Å². The van der Waals surface area contributed by atoms with Crippen molar-refractivity contribution in [3.05, 3.63) is 12.2 Å². The maximum Gasteiger partial charge on any atom is 0.306 e. The molecular formula is C70H136O5. The average Bonchev–Trinajstić information content (AvgIpc) is 3.41. The first-order valence-corrected chi connectivity index (χ1v) is 34.7. The summed E-state index contributed by atoms with van der Waals surface area (Å²) in [6.07, 6.45) is 85.5. The molecule has 0 bridgehead atoms. The lowest BCUT2D eigenvalue weighted by Gasteiger charge is -2.15. The number of esters is 2. The number of unbranched alkanes of at least 4 members (excludes halogenated alkanes) is 56. The van der Waals surface area contributed by atoms with Crippen molar-refractivity contribution in [2.45, 2.75) is 412 Å². The molecule has 0 rings (SSSR count). The summed E-state index contributed by atoms with van der Waals surface area (Å²) in [5.74, 6) is -0.566. The van der Waals surface area contributed by atoms with Crippen LogP contribution in [-0.4, -0.2) is 36.4 Å². The van der Waals surface area contributed by atoms with Gasteiger partial charge in [-0.1, -0.05) is 366 Å². The molecule has 0 aromatic rings. The lowest BCUT2D eigenvalue weighted by atomic mass is 10.0. The Kier molecular flexibility index (Phi) is 65.7. The van der Waals surface area contributed by atoms with Gasteiger partial charge in [0.25, 0.3) is 0 Å². The minimum atomic E-state index is -0.768. The molecule has 5 nitrogen and oxygen atoms in total. The van der Waals surface area contributed by atoms with Crippen LogP contribution in [0.1, 0.15) is 406 Å². The summed E-state index contributed by atoms with van der Waals surface area (Å²) in [4.78, 5) is 24.6. The minimum Gasteiger partial charge on any atom is -0.462 e. The fourth-order valence-electron chi connectivity index (χ4n) is 11.1. The Morgan fingerprint density at radius 3 is 0.720 bits per heavy atom. The van der Waals surface area contributed by atoms with E-state index < -0.39 is 6.10 Å². The van der Waals surface area contributed by atoms with Crippen molar-refractivity contribution in [1.82, 2.24) is 0 Å². The third-order valence-electron chi connectivity index (χ3n) is 16.3. The predicted octanol–water partition coefficient (Wildman–Crippen LogP) is 23.8. The van der Waals surface area contributed by atoms with Gasteiger partial charge in [-0.2, -0.15) is 0 Å². The van der Waals surface area contributed by atoms with E-state index in [1.165, 1.54) is 347 Å². The summed E-state index contributed by atoms with van der Waals surface area (Å²) in [6.45, 7) is 4.21. The number of ether oxygens (including phenoxy) is 2. The number of allylic oxidation sites excluding steroid dienone is 2. The van der Waals surface area contributed by atoms with Crippen LogP contribution in [0.15, 0.2) is 12.2 Å². The summed E-state index contributed by atoms with van der Waals surface area (Å²) in [6, 6.07) is 0. The van der Waals surface area contributed by atoms with Crippen molar-refractivity contribution in [3.63, 3.8) is 0 Å². The van der Waals surface area contributed by atoms with E-state index in [-0.39, 0.29) is 25.2 Å². The van der Waals surface area contributed by atoms with Gasteiger partial charge in [0.05, 0.1) is 6.61 Å². The Hall–Kier alpha value is -1.36. The lowest BCUT2D eigenvalue weighted by molar-refractivity contribution is -0.161. The zero-order valence-corrected chi connectivity index (χ0v) is 51.4. The van der Waals surface area contributed by atoms with Crippen LogP contribution in [0.3, 0.4) is 0 Å². The third-order valence-corrected chi connectivity index (χ3v) is 16.3. The number of hydrogen-bond acceptors (Lipinski definition) is 5. The highest BCUT2D eigenvalue weighted by atomic mass is 16.6. The van der Waals surface area contributed by atoms with Crippen LogP contribution < -0.4 is 0 Å². The topological polar surface area (TPSA) is 72.8 Å². The van der Waals surface area contributed by atoms with Gasteiger partial charge in [0.2, 0.25) is 0 Å². The molecule has 0 aliphatic heterocycles. The van der Waals surface area contributed by atoms with Crippen molar-refractivity contribution in [2.75, 3.05) is 13.2 Å². The molecule has 0 saturated heterocycles. The van der Waals surface area contributed by atoms with Crippen LogP contribution in [0.5, 0.6) is 0 Å². The summed E-state index contributed by atoms with van der Waals surface area (Å²) in [5.41, 5.74) is 0. The second-order valence-electron chi connectivity index (χ2n) is 24.0. The predicted molar refractivity (Wildman–Crippen MR) is 330 cm³/mol. The number of aliphatic hydroxyl groups excluding tert-OH is 1. The van der Waals surface area contributed by atoms with Crippen molar-refractivity contribution in [1.29, 1.82) is 0 Å². The van der Waals surface area contributed by atoms with Gasteiger partial charge in [0.1, 0.15) is 6.61 Å². The molecule has 0 fully saturated rings. The summed E-state index contributed by atoms with van der Waals surface area (Å²) in [7, 11) is 0. The van der Waals surface area contributed by atoms with Crippen LogP contribution in [0.2, 0.25) is 0 Å². The molecule has 0 aromatic heterocycles. The summed E-state index contributed by atoms with van der Waals surface area (Å²) in [5, 5.41) is 9.69. The first-order chi connectivity index (χ1) is 37.1. The molecule has 1 unspecified atom stereocenters. The average molecular weight is 1060 g/mol. The van der Waals surface area contributed by atoms with E-state index >= 15 is 0 Å². The van der Waals surface area contributed by atoms with Crippen LogP contribution in [0.25, 0.3) is 0 Å². The van der Waals surface area contributed by atoms with Crippen LogP contribution in [0, 0.1) is 0 Å². The SMILES string of the molecule is CCCCCCCCCC/C=C\CCCCCCCCCCCCCC(=O)OC(CO)COC(=O)CCCCCCCCCCCCCCCCCCCCCCCCCCCCCCCCCCCCCCCC. The molecule has 446 valence electrons. The van der Waals surface area contributed by atoms with Crippen molar-refractivity contribution >= 4 is 11.9 Å². The van der Waals surface area contributed by atoms with Gasteiger partial charge < -0.3 is 14.6 Å². The minimum absolute atomic E-state index is 0.0583. The Morgan fingerprint density at radius 2 is 0.493 bits per heavy atom. The molecule has 5 heteroatoms. The van der Waals surface area contributed by atoms with Crippen LogP contribution in [-0.2, 0) is 19.1 Å². The highest BCUT2D eigenvalue weighted by molar-refractivity contribution is 5.70. The van der Waals surface area contributed by atoms with E-state index in [0.29, 0.717) is 12.8 Å². The maximum atomic E-state index is 12.3. The fourth-order valence-corrected chi connectivity index (χ4v) is 11.1. The third kappa shape index (κ3) is 65.1. The van der Waals surface area contributed by atoms with Crippen LogP contribution >= 0.6 is 0 Å². The summed E-state index contributed by atoms with van der Waals surface area (Å²) >= 11 is 0. The van der Waals surface area contributed by atoms with E-state index in [1.54, 1.807) is 0 Å². The van der Waals surface area contributed by atoms with Gasteiger partial charge in [-0.05, 0) is 38.5 Å². The molecule has 0 saturated carbocycles. The number of carbonyl (C=O) groups excluding carboxylic acids is 2. The molecule has 75 heavy (non-hydrogen) atoms. The monoisotopic (exact) mass is 1060 g/mol. The van der Waals surface area contributed by atoms with Gasteiger partial charge >= 0.3 is 11.9 Å². The molecule has 0 spiro atoms. The molecule has 0 aliphatic rings. The highest BCUT2D eigenvalue weighted by Gasteiger charge is 2.16.